The Morgan fingerprint density at radius 1 is 1.75 bits per heavy atom. The summed E-state index contributed by atoms with van der Waals surface area (Å²) in [6, 6.07) is 0. The van der Waals surface area contributed by atoms with Crippen LogP contribution in [0.3, 0.4) is 0 Å². The maximum atomic E-state index is 5.34. The molecule has 0 amide bonds. The lowest BCUT2D eigenvalue weighted by molar-refractivity contribution is 0.241. The Morgan fingerprint density at radius 3 is 2.75 bits per heavy atom. The molecular formula is C6H11NO. The third kappa shape index (κ3) is 0.842. The molecule has 2 nitrogen and oxygen atoms in total. The maximum absolute atomic E-state index is 5.34. The van der Waals surface area contributed by atoms with Gasteiger partial charge in [-0.1, -0.05) is 0 Å². The van der Waals surface area contributed by atoms with Gasteiger partial charge in [0.15, 0.2) is 0 Å². The molecule has 0 spiro atoms. The van der Waals surface area contributed by atoms with E-state index in [1.54, 1.807) is 0 Å². The number of rotatable bonds is 1. The predicted molar refractivity (Wildman–Crippen MR) is 32.3 cm³/mol. The van der Waals surface area contributed by atoms with Crippen molar-refractivity contribution in [3.8, 4) is 0 Å². The fraction of sp³-hybridized carbons (Fsp3) is 0.667. The second-order valence-electron chi connectivity index (χ2n) is 2.01. The van der Waals surface area contributed by atoms with Gasteiger partial charge in [-0.05, 0) is 12.5 Å². The average Bonchev–Trinajstić information content (AvgIpc) is 2.14. The van der Waals surface area contributed by atoms with E-state index in [0.29, 0.717) is 6.54 Å². The van der Waals surface area contributed by atoms with Crippen molar-refractivity contribution < 1.29 is 4.74 Å². The highest BCUT2D eigenvalue weighted by atomic mass is 16.5. The summed E-state index contributed by atoms with van der Waals surface area (Å²) >= 11 is 0. The van der Waals surface area contributed by atoms with Gasteiger partial charge < -0.3 is 10.5 Å². The van der Waals surface area contributed by atoms with Crippen molar-refractivity contribution in [1.29, 1.82) is 0 Å². The van der Waals surface area contributed by atoms with E-state index in [2.05, 4.69) is 6.92 Å². The molecule has 1 aliphatic rings. The largest absolute Gasteiger partial charge is 0.496 e. The Hall–Kier alpha value is -0.500. The van der Waals surface area contributed by atoms with Crippen LogP contribution in [0.1, 0.15) is 13.3 Å². The molecule has 0 aromatic carbocycles. The molecular weight excluding hydrogens is 102 g/mol. The van der Waals surface area contributed by atoms with Crippen LogP contribution in [0.2, 0.25) is 0 Å². The molecule has 0 radical (unpaired) electrons. The van der Waals surface area contributed by atoms with E-state index in [0.717, 1.165) is 18.8 Å². The fourth-order valence-corrected chi connectivity index (χ4v) is 0.823. The van der Waals surface area contributed by atoms with Gasteiger partial charge in [0.1, 0.15) is 5.76 Å². The van der Waals surface area contributed by atoms with Crippen molar-refractivity contribution in [2.75, 3.05) is 13.2 Å². The molecule has 0 aliphatic carbocycles. The Balaban J connectivity index is 2.58. The van der Waals surface area contributed by atoms with E-state index < -0.39 is 0 Å². The van der Waals surface area contributed by atoms with E-state index in [9.17, 15) is 0 Å². The number of nitrogens with two attached hydrogens (primary N) is 1. The molecule has 2 heteroatoms. The topological polar surface area (TPSA) is 35.2 Å². The summed E-state index contributed by atoms with van der Waals surface area (Å²) in [7, 11) is 0. The first-order valence-electron chi connectivity index (χ1n) is 2.86. The summed E-state index contributed by atoms with van der Waals surface area (Å²) in [5.41, 5.74) is 6.65. The zero-order valence-electron chi connectivity index (χ0n) is 5.11. The minimum Gasteiger partial charge on any atom is -0.496 e. The van der Waals surface area contributed by atoms with Gasteiger partial charge in [-0.3, -0.25) is 0 Å². The molecule has 1 rings (SSSR count). The Kier molecular flexibility index (Phi) is 1.53. The van der Waals surface area contributed by atoms with Gasteiger partial charge in [0, 0.05) is 6.42 Å². The van der Waals surface area contributed by atoms with Crippen molar-refractivity contribution in [2.45, 2.75) is 13.3 Å². The molecule has 0 atom stereocenters. The lowest BCUT2D eigenvalue weighted by atomic mass is 10.2. The number of hydrogen-bond donors (Lipinski definition) is 1. The van der Waals surface area contributed by atoms with Gasteiger partial charge in [0.05, 0.1) is 13.2 Å². The first kappa shape index (κ1) is 5.63. The maximum Gasteiger partial charge on any atom is 0.109 e. The van der Waals surface area contributed by atoms with Crippen LogP contribution in [0, 0.1) is 0 Å². The second kappa shape index (κ2) is 2.18. The van der Waals surface area contributed by atoms with E-state index in [-0.39, 0.29) is 0 Å². The van der Waals surface area contributed by atoms with E-state index in [1.807, 2.05) is 0 Å². The van der Waals surface area contributed by atoms with Crippen molar-refractivity contribution in [2.24, 2.45) is 5.73 Å². The molecule has 0 fully saturated rings. The molecule has 8 heavy (non-hydrogen) atoms. The highest BCUT2D eigenvalue weighted by molar-refractivity contribution is 5.10. The molecule has 0 saturated heterocycles. The first-order chi connectivity index (χ1) is 3.84. The van der Waals surface area contributed by atoms with Crippen LogP contribution in [-0.2, 0) is 4.74 Å². The molecule has 0 unspecified atom stereocenters. The molecule has 0 bridgehead atoms. The van der Waals surface area contributed by atoms with Crippen LogP contribution in [0.25, 0.3) is 0 Å². The standard InChI is InChI=1S/C6H11NO/c1-5-2-3-8-6(5)4-7/h2-4,7H2,1H3. The highest BCUT2D eigenvalue weighted by Crippen LogP contribution is 2.16. The van der Waals surface area contributed by atoms with Crippen LogP contribution in [0.4, 0.5) is 0 Å². The summed E-state index contributed by atoms with van der Waals surface area (Å²) in [6.07, 6.45) is 1.06. The normalized spacial score (nSPS) is 19.2. The smallest absolute Gasteiger partial charge is 0.109 e. The van der Waals surface area contributed by atoms with Gasteiger partial charge in [0.25, 0.3) is 0 Å². The third-order valence-corrected chi connectivity index (χ3v) is 1.41. The average molecular weight is 113 g/mol. The SMILES string of the molecule is CC1=C(CN)OCC1. The van der Waals surface area contributed by atoms with Crippen LogP contribution in [0.15, 0.2) is 11.3 Å². The van der Waals surface area contributed by atoms with Crippen LogP contribution < -0.4 is 5.73 Å². The quantitative estimate of drug-likeness (QED) is 0.541. The summed E-state index contributed by atoms with van der Waals surface area (Å²) < 4.78 is 5.17. The Bertz CT molecular complexity index is 118. The zero-order valence-corrected chi connectivity index (χ0v) is 5.11. The van der Waals surface area contributed by atoms with Gasteiger partial charge in [0.2, 0.25) is 0 Å². The molecule has 0 aromatic rings. The number of hydrogen-bond acceptors (Lipinski definition) is 2. The lowest BCUT2D eigenvalue weighted by Crippen LogP contribution is -2.03. The lowest BCUT2D eigenvalue weighted by Gasteiger charge is -1.97. The number of ether oxygens (including phenoxy) is 1. The van der Waals surface area contributed by atoms with Gasteiger partial charge >= 0.3 is 0 Å². The molecule has 0 saturated carbocycles. The first-order valence-corrected chi connectivity index (χ1v) is 2.86. The molecule has 0 aromatic heterocycles. The minimum atomic E-state index is 0.561. The van der Waals surface area contributed by atoms with Crippen molar-refractivity contribution in [3.63, 3.8) is 0 Å². The summed E-state index contributed by atoms with van der Waals surface area (Å²) in [6.45, 7) is 3.46. The van der Waals surface area contributed by atoms with Gasteiger partial charge in [-0.25, -0.2) is 0 Å². The Labute approximate surface area is 49.3 Å². The monoisotopic (exact) mass is 113 g/mol. The van der Waals surface area contributed by atoms with E-state index in [1.165, 1.54) is 5.57 Å². The third-order valence-electron chi connectivity index (χ3n) is 1.41. The Morgan fingerprint density at radius 2 is 2.50 bits per heavy atom. The second-order valence-corrected chi connectivity index (χ2v) is 2.01. The predicted octanol–water partition coefficient (Wildman–Crippen LogP) is 0.639. The van der Waals surface area contributed by atoms with Crippen LogP contribution in [0.5, 0.6) is 0 Å². The van der Waals surface area contributed by atoms with Crippen molar-refractivity contribution in [1.82, 2.24) is 0 Å². The molecule has 1 heterocycles. The summed E-state index contributed by atoms with van der Waals surface area (Å²) in [5, 5.41) is 0. The van der Waals surface area contributed by atoms with E-state index >= 15 is 0 Å². The van der Waals surface area contributed by atoms with Gasteiger partial charge in [-0.15, -0.1) is 0 Å². The highest BCUT2D eigenvalue weighted by Gasteiger charge is 2.08. The molecule has 1 aliphatic heterocycles. The van der Waals surface area contributed by atoms with Gasteiger partial charge in [-0.2, -0.15) is 0 Å². The fourth-order valence-electron chi connectivity index (χ4n) is 0.823. The summed E-state index contributed by atoms with van der Waals surface area (Å²) in [5.74, 6) is 0.991. The summed E-state index contributed by atoms with van der Waals surface area (Å²) in [4.78, 5) is 0. The molecule has 46 valence electrons. The zero-order chi connectivity index (χ0) is 5.98. The van der Waals surface area contributed by atoms with Crippen LogP contribution in [-0.4, -0.2) is 13.2 Å². The van der Waals surface area contributed by atoms with Crippen LogP contribution >= 0.6 is 0 Å². The van der Waals surface area contributed by atoms with Crippen molar-refractivity contribution in [3.05, 3.63) is 11.3 Å². The van der Waals surface area contributed by atoms with E-state index in [4.69, 9.17) is 10.5 Å². The van der Waals surface area contributed by atoms with Crippen molar-refractivity contribution >= 4 is 0 Å². The minimum absolute atomic E-state index is 0.561. The molecule has 2 N–H and O–H groups in total.